The van der Waals surface area contributed by atoms with Crippen molar-refractivity contribution in [1.82, 2.24) is 5.32 Å². The second kappa shape index (κ2) is 2.45. The van der Waals surface area contributed by atoms with Gasteiger partial charge in [-0.15, -0.1) is 0 Å². The first-order valence-electron chi connectivity index (χ1n) is 3.65. The van der Waals surface area contributed by atoms with Crippen molar-refractivity contribution in [2.75, 3.05) is 0 Å². The molecule has 0 aliphatic carbocycles. The fraction of sp³-hybridized carbons (Fsp3) is 0.625. The summed E-state index contributed by atoms with van der Waals surface area (Å²) in [4.78, 5) is 11.2. The quantitative estimate of drug-likeness (QED) is 0.585. The Morgan fingerprint density at radius 2 is 2.50 bits per heavy atom. The van der Waals surface area contributed by atoms with Gasteiger partial charge in [-0.05, 0) is 19.0 Å². The zero-order valence-corrected chi connectivity index (χ0v) is 6.48. The third-order valence-electron chi connectivity index (χ3n) is 2.23. The highest BCUT2D eigenvalue weighted by Gasteiger charge is 2.30. The lowest BCUT2D eigenvalue weighted by Gasteiger charge is -2.27. The molecular weight excluding hydrogens is 126 g/mol. The van der Waals surface area contributed by atoms with Crippen molar-refractivity contribution in [3.05, 3.63) is 12.3 Å². The molecule has 0 saturated carbocycles. The number of allylic oxidation sites excluding steroid dienone is 1. The first-order chi connectivity index (χ1) is 4.69. The van der Waals surface area contributed by atoms with Crippen LogP contribution in [0.2, 0.25) is 0 Å². The lowest BCUT2D eigenvalue weighted by atomic mass is 9.82. The van der Waals surface area contributed by atoms with Gasteiger partial charge in [0.15, 0.2) is 0 Å². The van der Waals surface area contributed by atoms with E-state index in [9.17, 15) is 4.79 Å². The molecule has 0 aromatic rings. The summed E-state index contributed by atoms with van der Waals surface area (Å²) >= 11 is 0. The van der Waals surface area contributed by atoms with E-state index in [1.54, 1.807) is 6.20 Å². The monoisotopic (exact) mass is 139 g/mol. The van der Waals surface area contributed by atoms with E-state index in [2.05, 4.69) is 5.32 Å². The average molecular weight is 139 g/mol. The molecule has 1 unspecified atom stereocenters. The zero-order chi connectivity index (χ0) is 7.61. The van der Waals surface area contributed by atoms with Gasteiger partial charge in [0.25, 0.3) is 0 Å². The van der Waals surface area contributed by atoms with Crippen LogP contribution in [-0.2, 0) is 4.79 Å². The van der Waals surface area contributed by atoms with Crippen molar-refractivity contribution in [2.24, 2.45) is 5.41 Å². The highest BCUT2D eigenvalue weighted by atomic mass is 16.2. The second-order valence-corrected chi connectivity index (χ2v) is 2.99. The van der Waals surface area contributed by atoms with Gasteiger partial charge in [-0.25, -0.2) is 0 Å². The highest BCUT2D eigenvalue weighted by molar-refractivity contribution is 5.84. The van der Waals surface area contributed by atoms with E-state index in [0.29, 0.717) is 0 Å². The molecule has 0 saturated heterocycles. The van der Waals surface area contributed by atoms with Crippen LogP contribution in [-0.4, -0.2) is 5.91 Å². The average Bonchev–Trinajstić information content (AvgIpc) is 1.96. The molecule has 1 atom stereocenters. The Kier molecular flexibility index (Phi) is 1.79. The number of amides is 1. The van der Waals surface area contributed by atoms with E-state index in [-0.39, 0.29) is 11.3 Å². The van der Waals surface area contributed by atoms with E-state index in [0.717, 1.165) is 12.8 Å². The van der Waals surface area contributed by atoms with Crippen molar-refractivity contribution in [2.45, 2.75) is 26.7 Å². The fourth-order valence-corrected chi connectivity index (χ4v) is 1.03. The number of hydrogen-bond acceptors (Lipinski definition) is 1. The topological polar surface area (TPSA) is 29.1 Å². The summed E-state index contributed by atoms with van der Waals surface area (Å²) in [5.41, 5.74) is -0.158. The molecule has 1 N–H and O–H groups in total. The maximum absolute atomic E-state index is 11.2. The minimum absolute atomic E-state index is 0.150. The Hall–Kier alpha value is -0.790. The standard InChI is InChI=1S/C8H13NO/c1-3-8(2)5-4-6-9-7(8)10/h4,6H,3,5H2,1-2H3,(H,9,10). The summed E-state index contributed by atoms with van der Waals surface area (Å²) in [7, 11) is 0. The van der Waals surface area contributed by atoms with Gasteiger partial charge in [0.05, 0.1) is 0 Å². The first kappa shape index (κ1) is 7.32. The molecule has 0 bridgehead atoms. The Balaban J connectivity index is 2.76. The van der Waals surface area contributed by atoms with Gasteiger partial charge in [-0.3, -0.25) is 4.79 Å². The largest absolute Gasteiger partial charge is 0.333 e. The summed E-state index contributed by atoms with van der Waals surface area (Å²) in [6.07, 6.45) is 5.50. The van der Waals surface area contributed by atoms with Crippen molar-refractivity contribution >= 4 is 5.91 Å². The maximum Gasteiger partial charge on any atom is 0.230 e. The molecule has 0 spiro atoms. The minimum Gasteiger partial charge on any atom is -0.333 e. The van der Waals surface area contributed by atoms with Crippen LogP contribution in [0.5, 0.6) is 0 Å². The van der Waals surface area contributed by atoms with Gasteiger partial charge >= 0.3 is 0 Å². The van der Waals surface area contributed by atoms with Gasteiger partial charge in [-0.1, -0.05) is 19.9 Å². The van der Waals surface area contributed by atoms with Crippen LogP contribution >= 0.6 is 0 Å². The first-order valence-corrected chi connectivity index (χ1v) is 3.65. The molecule has 2 nitrogen and oxygen atoms in total. The zero-order valence-electron chi connectivity index (χ0n) is 6.48. The SMILES string of the molecule is CCC1(C)CC=CNC1=O. The number of nitrogens with one attached hydrogen (secondary N) is 1. The van der Waals surface area contributed by atoms with Crippen LogP contribution in [0.15, 0.2) is 12.3 Å². The molecule has 1 aliphatic heterocycles. The highest BCUT2D eigenvalue weighted by Crippen LogP contribution is 2.28. The predicted molar refractivity (Wildman–Crippen MR) is 40.3 cm³/mol. The third-order valence-corrected chi connectivity index (χ3v) is 2.23. The van der Waals surface area contributed by atoms with Gasteiger partial charge in [-0.2, -0.15) is 0 Å². The Morgan fingerprint density at radius 3 is 2.90 bits per heavy atom. The van der Waals surface area contributed by atoms with E-state index in [1.807, 2.05) is 19.9 Å². The molecule has 56 valence electrons. The van der Waals surface area contributed by atoms with Crippen LogP contribution < -0.4 is 5.32 Å². The molecule has 2 heteroatoms. The Morgan fingerprint density at radius 1 is 1.80 bits per heavy atom. The van der Waals surface area contributed by atoms with Gasteiger partial charge in [0, 0.05) is 5.41 Å². The Labute approximate surface area is 61.3 Å². The second-order valence-electron chi connectivity index (χ2n) is 2.99. The molecule has 0 aromatic heterocycles. The van der Waals surface area contributed by atoms with Gasteiger partial charge < -0.3 is 5.32 Å². The van der Waals surface area contributed by atoms with Gasteiger partial charge in [0.1, 0.15) is 0 Å². The van der Waals surface area contributed by atoms with E-state index in [1.165, 1.54) is 0 Å². The summed E-state index contributed by atoms with van der Waals surface area (Å²) in [6.45, 7) is 4.03. The molecule has 1 amide bonds. The van der Waals surface area contributed by atoms with E-state index < -0.39 is 0 Å². The maximum atomic E-state index is 11.2. The number of carbonyl (C=O) groups is 1. The van der Waals surface area contributed by atoms with Crippen LogP contribution in [0.4, 0.5) is 0 Å². The van der Waals surface area contributed by atoms with Gasteiger partial charge in [0.2, 0.25) is 5.91 Å². The predicted octanol–water partition coefficient (Wildman–Crippen LogP) is 1.44. The fourth-order valence-electron chi connectivity index (χ4n) is 1.03. The third kappa shape index (κ3) is 1.06. The van der Waals surface area contributed by atoms with Crippen molar-refractivity contribution in [3.8, 4) is 0 Å². The number of hydrogen-bond donors (Lipinski definition) is 1. The molecule has 10 heavy (non-hydrogen) atoms. The van der Waals surface area contributed by atoms with Crippen LogP contribution in [0.1, 0.15) is 26.7 Å². The van der Waals surface area contributed by atoms with E-state index in [4.69, 9.17) is 0 Å². The smallest absolute Gasteiger partial charge is 0.230 e. The molecule has 0 radical (unpaired) electrons. The van der Waals surface area contributed by atoms with Crippen LogP contribution in [0.25, 0.3) is 0 Å². The molecule has 0 aromatic carbocycles. The lowest BCUT2D eigenvalue weighted by Crippen LogP contribution is -2.38. The summed E-state index contributed by atoms with van der Waals surface area (Å²) in [5.74, 6) is 0.150. The summed E-state index contributed by atoms with van der Waals surface area (Å²) in [5, 5.41) is 2.70. The molecule has 1 aliphatic rings. The molecule has 0 fully saturated rings. The van der Waals surface area contributed by atoms with Crippen molar-refractivity contribution < 1.29 is 4.79 Å². The molecule has 1 heterocycles. The van der Waals surface area contributed by atoms with Crippen LogP contribution in [0, 0.1) is 5.41 Å². The van der Waals surface area contributed by atoms with Crippen LogP contribution in [0.3, 0.4) is 0 Å². The normalized spacial score (nSPS) is 32.0. The number of rotatable bonds is 1. The minimum atomic E-state index is -0.158. The molecular formula is C8H13NO. The summed E-state index contributed by atoms with van der Waals surface area (Å²) in [6, 6.07) is 0. The van der Waals surface area contributed by atoms with E-state index >= 15 is 0 Å². The summed E-state index contributed by atoms with van der Waals surface area (Å²) < 4.78 is 0. The number of carbonyl (C=O) groups excluding carboxylic acids is 1. The Bertz CT molecular complexity index is 174. The lowest BCUT2D eigenvalue weighted by molar-refractivity contribution is -0.129. The molecule has 1 rings (SSSR count). The van der Waals surface area contributed by atoms with Crippen molar-refractivity contribution in [1.29, 1.82) is 0 Å². The van der Waals surface area contributed by atoms with Crippen molar-refractivity contribution in [3.63, 3.8) is 0 Å².